The zero-order chi connectivity index (χ0) is 22.9. The van der Waals surface area contributed by atoms with E-state index >= 15 is 0 Å². The molecule has 4 rings (SSSR count). The number of hydrogen-bond acceptors (Lipinski definition) is 2. The van der Waals surface area contributed by atoms with Crippen LogP contribution in [0.2, 0.25) is 0 Å². The molecule has 1 fully saturated rings. The first-order valence-corrected chi connectivity index (χ1v) is 12.4. The molecule has 3 heteroatoms. The van der Waals surface area contributed by atoms with Crippen LogP contribution >= 0.6 is 0 Å². The van der Waals surface area contributed by atoms with Crippen molar-refractivity contribution in [1.29, 1.82) is 0 Å². The van der Waals surface area contributed by atoms with E-state index in [2.05, 4.69) is 82.6 Å². The van der Waals surface area contributed by atoms with Crippen molar-refractivity contribution in [3.05, 3.63) is 102 Å². The Kier molecular flexibility index (Phi) is 8.32. The summed E-state index contributed by atoms with van der Waals surface area (Å²) < 4.78 is 0. The Hall–Kier alpha value is -2.91. The Labute approximate surface area is 199 Å². The highest BCUT2D eigenvalue weighted by Crippen LogP contribution is 2.31. The average Bonchev–Trinajstić information content (AvgIpc) is 2.89. The van der Waals surface area contributed by atoms with Crippen LogP contribution in [-0.2, 0) is 17.6 Å². The third-order valence-corrected chi connectivity index (χ3v) is 6.92. The molecule has 3 aromatic rings. The van der Waals surface area contributed by atoms with Gasteiger partial charge in [0.15, 0.2) is 0 Å². The van der Waals surface area contributed by atoms with Gasteiger partial charge in [-0.3, -0.25) is 4.79 Å². The predicted molar refractivity (Wildman–Crippen MR) is 137 cm³/mol. The fourth-order valence-electron chi connectivity index (χ4n) is 5.13. The Bertz CT molecular complexity index is 974. The lowest BCUT2D eigenvalue weighted by Gasteiger charge is -2.44. The van der Waals surface area contributed by atoms with Crippen molar-refractivity contribution >= 4 is 11.6 Å². The van der Waals surface area contributed by atoms with Gasteiger partial charge in [0.25, 0.3) is 0 Å². The summed E-state index contributed by atoms with van der Waals surface area (Å²) in [5.41, 5.74) is 3.81. The van der Waals surface area contributed by atoms with Crippen LogP contribution in [0.1, 0.15) is 37.3 Å². The molecule has 0 spiro atoms. The van der Waals surface area contributed by atoms with E-state index in [-0.39, 0.29) is 11.9 Å². The van der Waals surface area contributed by atoms with Crippen LogP contribution in [0.5, 0.6) is 0 Å². The third-order valence-electron chi connectivity index (χ3n) is 6.92. The number of amides is 1. The summed E-state index contributed by atoms with van der Waals surface area (Å²) in [5.74, 6) is 0.680. The van der Waals surface area contributed by atoms with Crippen LogP contribution in [0.25, 0.3) is 0 Å². The molecular weight excluding hydrogens is 404 g/mol. The van der Waals surface area contributed by atoms with Crippen molar-refractivity contribution in [3.63, 3.8) is 0 Å². The number of aryl methyl sites for hydroxylation is 1. The van der Waals surface area contributed by atoms with Crippen LogP contribution in [0.3, 0.4) is 0 Å². The molecule has 1 aliphatic heterocycles. The molecule has 0 saturated carbocycles. The Morgan fingerprint density at radius 1 is 0.848 bits per heavy atom. The van der Waals surface area contributed by atoms with Gasteiger partial charge in [-0.05, 0) is 54.9 Å². The van der Waals surface area contributed by atoms with Crippen molar-refractivity contribution in [3.8, 4) is 0 Å². The monoisotopic (exact) mass is 440 g/mol. The van der Waals surface area contributed by atoms with Gasteiger partial charge in [-0.1, -0.05) is 85.8 Å². The fraction of sp³-hybridized carbons (Fsp3) is 0.367. The van der Waals surface area contributed by atoms with Gasteiger partial charge in [0.05, 0.1) is 0 Å². The summed E-state index contributed by atoms with van der Waals surface area (Å²) in [6.07, 6.45) is 4.78. The lowest BCUT2D eigenvalue weighted by molar-refractivity contribution is -0.119. The maximum atomic E-state index is 13.1. The molecule has 0 radical (unpaired) electrons. The second kappa shape index (κ2) is 11.8. The summed E-state index contributed by atoms with van der Waals surface area (Å²) in [5, 5.41) is 0. The minimum atomic E-state index is 0.230. The smallest absolute Gasteiger partial charge is 0.226 e. The molecular formula is C30H36N2O. The number of anilines is 1. The largest absolute Gasteiger partial charge is 0.309 e. The maximum absolute atomic E-state index is 13.1. The van der Waals surface area contributed by atoms with Crippen molar-refractivity contribution in [2.45, 2.75) is 45.1 Å². The van der Waals surface area contributed by atoms with Crippen LogP contribution in [0, 0.1) is 5.92 Å². The highest BCUT2D eigenvalue weighted by Gasteiger charge is 2.35. The zero-order valence-electron chi connectivity index (χ0n) is 19.8. The topological polar surface area (TPSA) is 23.6 Å². The predicted octanol–water partition coefficient (Wildman–Crippen LogP) is 6.00. The van der Waals surface area contributed by atoms with Gasteiger partial charge >= 0.3 is 0 Å². The number of piperidine rings is 1. The number of para-hydroxylation sites is 1. The Morgan fingerprint density at radius 3 is 2.03 bits per heavy atom. The molecule has 172 valence electrons. The SMILES string of the molecule is CCC(=O)N(c1ccccc1)[C@@H]1CCN(CCc2ccccc2)C[C@H]1CCc1ccccc1. The van der Waals surface area contributed by atoms with Gasteiger partial charge in [0.1, 0.15) is 0 Å². The quantitative estimate of drug-likeness (QED) is 0.408. The molecule has 0 aliphatic carbocycles. The minimum absolute atomic E-state index is 0.230. The summed E-state index contributed by atoms with van der Waals surface area (Å²) >= 11 is 0. The molecule has 0 N–H and O–H groups in total. The number of hydrogen-bond donors (Lipinski definition) is 0. The van der Waals surface area contributed by atoms with Gasteiger partial charge in [0.2, 0.25) is 5.91 Å². The summed E-state index contributed by atoms with van der Waals surface area (Å²) in [6, 6.07) is 32.1. The fourth-order valence-corrected chi connectivity index (χ4v) is 5.13. The number of benzene rings is 3. The molecule has 1 saturated heterocycles. The normalized spacial score (nSPS) is 18.7. The molecule has 3 aromatic carbocycles. The van der Waals surface area contributed by atoms with Crippen LogP contribution in [0.4, 0.5) is 5.69 Å². The van der Waals surface area contributed by atoms with Crippen molar-refractivity contribution < 1.29 is 4.79 Å². The average molecular weight is 441 g/mol. The molecule has 0 aromatic heterocycles. The first-order chi connectivity index (χ1) is 16.2. The van der Waals surface area contributed by atoms with E-state index in [0.717, 1.165) is 51.0 Å². The standard InChI is InChI=1S/C30H36N2O/c1-2-30(33)32(28-16-10-5-11-17-28)29-21-23-31(22-20-26-14-8-4-9-15-26)24-27(29)19-18-25-12-6-3-7-13-25/h3-17,27,29H,2,18-24H2,1H3/t27-,29-/m1/s1. The Morgan fingerprint density at radius 2 is 1.42 bits per heavy atom. The number of carbonyl (C=O) groups excluding carboxylic acids is 1. The van der Waals surface area contributed by atoms with E-state index in [4.69, 9.17) is 0 Å². The summed E-state index contributed by atoms with van der Waals surface area (Å²) in [4.78, 5) is 17.9. The van der Waals surface area contributed by atoms with E-state index < -0.39 is 0 Å². The number of nitrogens with zero attached hydrogens (tertiary/aromatic N) is 2. The van der Waals surface area contributed by atoms with Gasteiger partial charge in [-0.2, -0.15) is 0 Å². The molecule has 1 aliphatic rings. The van der Waals surface area contributed by atoms with Crippen molar-refractivity contribution in [2.24, 2.45) is 5.92 Å². The second-order valence-electron chi connectivity index (χ2n) is 9.13. The molecule has 0 unspecified atom stereocenters. The molecule has 2 atom stereocenters. The van der Waals surface area contributed by atoms with E-state index in [1.807, 2.05) is 25.1 Å². The van der Waals surface area contributed by atoms with E-state index in [9.17, 15) is 4.79 Å². The molecule has 1 amide bonds. The molecule has 33 heavy (non-hydrogen) atoms. The molecule has 1 heterocycles. The van der Waals surface area contributed by atoms with Gasteiger partial charge < -0.3 is 9.80 Å². The van der Waals surface area contributed by atoms with Crippen LogP contribution in [-0.4, -0.2) is 36.5 Å². The Balaban J connectivity index is 1.51. The lowest BCUT2D eigenvalue weighted by Crippen LogP contribution is -2.53. The summed E-state index contributed by atoms with van der Waals surface area (Å²) in [6.45, 7) is 5.14. The lowest BCUT2D eigenvalue weighted by atomic mass is 9.85. The highest BCUT2D eigenvalue weighted by atomic mass is 16.2. The van der Waals surface area contributed by atoms with Gasteiger partial charge in [-0.15, -0.1) is 0 Å². The number of likely N-dealkylation sites (tertiary alicyclic amines) is 1. The molecule has 0 bridgehead atoms. The number of carbonyl (C=O) groups is 1. The van der Waals surface area contributed by atoms with E-state index in [1.54, 1.807) is 0 Å². The van der Waals surface area contributed by atoms with E-state index in [0.29, 0.717) is 12.3 Å². The van der Waals surface area contributed by atoms with E-state index in [1.165, 1.54) is 11.1 Å². The summed E-state index contributed by atoms with van der Waals surface area (Å²) in [7, 11) is 0. The minimum Gasteiger partial charge on any atom is -0.309 e. The zero-order valence-corrected chi connectivity index (χ0v) is 19.8. The number of rotatable bonds is 9. The van der Waals surface area contributed by atoms with Crippen molar-refractivity contribution in [2.75, 3.05) is 24.5 Å². The van der Waals surface area contributed by atoms with Gasteiger partial charge in [0, 0.05) is 37.8 Å². The van der Waals surface area contributed by atoms with Gasteiger partial charge in [-0.25, -0.2) is 0 Å². The molecule has 3 nitrogen and oxygen atoms in total. The maximum Gasteiger partial charge on any atom is 0.226 e. The van der Waals surface area contributed by atoms with Crippen molar-refractivity contribution in [1.82, 2.24) is 4.90 Å². The second-order valence-corrected chi connectivity index (χ2v) is 9.13. The van der Waals surface area contributed by atoms with Crippen LogP contribution < -0.4 is 4.90 Å². The van der Waals surface area contributed by atoms with Crippen LogP contribution in [0.15, 0.2) is 91.0 Å². The highest BCUT2D eigenvalue weighted by molar-refractivity contribution is 5.93. The first kappa shape index (κ1) is 23.3. The third kappa shape index (κ3) is 6.33. The first-order valence-electron chi connectivity index (χ1n) is 12.4.